The van der Waals surface area contributed by atoms with Crippen molar-refractivity contribution in [3.8, 4) is 34.3 Å². The van der Waals surface area contributed by atoms with E-state index in [4.69, 9.17) is 29.0 Å². The number of likely N-dealkylation sites (N-methyl/N-ethyl adjacent to an activating group) is 4. The van der Waals surface area contributed by atoms with Crippen LogP contribution in [0.3, 0.4) is 0 Å². The highest BCUT2D eigenvalue weighted by atomic mass is 16.6. The highest BCUT2D eigenvalue weighted by Gasteiger charge is 2.48. The summed E-state index contributed by atoms with van der Waals surface area (Å²) in [5.74, 6) is -14.9. The lowest BCUT2D eigenvalue weighted by Crippen LogP contribution is -2.59. The summed E-state index contributed by atoms with van der Waals surface area (Å²) in [5, 5.41) is 30.0. The van der Waals surface area contributed by atoms with Crippen molar-refractivity contribution in [1.82, 2.24) is 45.9 Å². The van der Waals surface area contributed by atoms with Crippen LogP contribution in [0, 0.1) is 61.2 Å². The minimum absolute atomic E-state index is 0.0668. The van der Waals surface area contributed by atoms with E-state index in [1.165, 1.54) is 83.0 Å². The number of nitrogen functional groups attached to an aromatic ring is 1. The highest BCUT2D eigenvalue weighted by molar-refractivity contribution is 6.11. The Bertz CT molecular complexity index is 4680. The van der Waals surface area contributed by atoms with Crippen LogP contribution in [0.5, 0.6) is 11.5 Å². The Morgan fingerprint density at radius 3 is 1.53 bits per heavy atom. The third-order valence-corrected chi connectivity index (χ3v) is 21.2. The number of Topliss-reactive ketones (excluding diaryl/α,β-unsaturated/α-hetero) is 2. The smallest absolute Gasteiger partial charge is 0.329 e. The predicted octanol–water partition coefficient (Wildman–Crippen LogP) is 5.59. The zero-order chi connectivity index (χ0) is 80.4. The molecule has 8 N–H and O–H groups in total. The molecule has 0 spiro atoms. The van der Waals surface area contributed by atoms with E-state index in [0.29, 0.717) is 49.8 Å². The molecule has 10 rings (SSSR count). The molecule has 8 amide bonds. The molecule has 12 unspecified atom stereocenters. The summed E-state index contributed by atoms with van der Waals surface area (Å²) in [6, 6.07) is 7.19. The standard InChI is InChI=1S/C64H88N10O16.C15H10O4/c1-27(2)44-53(78)35-19-17-21-37(35)61(84)71(13)25-40(75)73(15)50(29(5)6)63(86)88-33(11)46(59(82)67-44)69-57(80)39-24-23-31(9)55-48(39)66-49-42(43(65)52(77)32(10)56(49)90-55)58(81)70-47-34(12)89-64(87)51(30(7)8)74(16)41(76)26-72(14)62(85)38-22-18-20-36(38)54(79)45(28(3)4)68-60(47)83;16-10-6-11(17)15-12(18)8-13(19-14(15)7-10)9-4-2-1-3-5-9/h23-24,27-30,33-38,44-47,50-51H,17-22,25-26,65H2,1-16H3,(H,67,82)(H,68,83)(H,69,80)(H,70,81);1-8,16-17H. The first-order valence-corrected chi connectivity index (χ1v) is 36.7. The van der Waals surface area contributed by atoms with Crippen molar-refractivity contribution in [2.24, 2.45) is 47.3 Å². The minimum atomic E-state index is -1.86. The number of benzene rings is 4. The van der Waals surface area contributed by atoms with Gasteiger partial charge in [-0.2, -0.15) is 0 Å². The highest BCUT2D eigenvalue weighted by Crippen LogP contribution is 2.39. The van der Waals surface area contributed by atoms with Crippen molar-refractivity contribution < 1.29 is 86.1 Å². The molecule has 4 fully saturated rings. The number of carbonyl (C=O) groups is 12. The molecule has 4 aromatic rings. The SMILES string of the molecule is Cc1c2oc3c(C)ccc(C(=O)NC4C(=O)NC(C(C)C)C(=O)C5CCCC5C(=O)N(C)CC(=O)N(C)C(C(C)C)C(=O)OC4C)c3nc-2c(C(=O)NC2C(=O)NC(C(C)C)C(=O)C3CCCC3C(=O)N(C)CC(=O)N(C)C(C(C)C)C(=O)OC2C)c(N)c1=O.O=c1cc(-c2ccccc2)oc2cc(O)cc(O)c12. The Morgan fingerprint density at radius 1 is 0.596 bits per heavy atom. The molecular weight excluding hydrogens is 1410 g/mol. The number of cyclic esters (lactones) is 2. The average Bonchev–Trinajstić information content (AvgIpc) is 1.31. The number of aromatic hydroxyl groups is 2. The number of esters is 2. The van der Waals surface area contributed by atoms with E-state index < -0.39 is 196 Å². The third kappa shape index (κ3) is 17.1. The van der Waals surface area contributed by atoms with Gasteiger partial charge >= 0.3 is 11.9 Å². The number of nitrogens with two attached hydrogens (primary N) is 1. The number of phenols is 2. The van der Waals surface area contributed by atoms with Gasteiger partial charge in [0.1, 0.15) is 75.8 Å². The molecule has 30 heteroatoms. The maximum Gasteiger partial charge on any atom is 0.329 e. The van der Waals surface area contributed by atoms with Gasteiger partial charge in [0.15, 0.2) is 28.3 Å². The van der Waals surface area contributed by atoms with Crippen LogP contribution >= 0.6 is 0 Å². The van der Waals surface area contributed by atoms with E-state index >= 15 is 9.59 Å². The summed E-state index contributed by atoms with van der Waals surface area (Å²) >= 11 is 0. The topological polar surface area (TPSA) is 424 Å². The number of hydrogen-bond donors (Lipinski definition) is 7. The van der Waals surface area contributed by atoms with Gasteiger partial charge in [-0.3, -0.25) is 57.5 Å². The number of anilines is 1. The maximum absolute atomic E-state index is 15.2. The number of aryl methyl sites for hydroxylation is 1. The Hall–Kier alpha value is -11.1. The predicted molar refractivity (Wildman–Crippen MR) is 399 cm³/mol. The van der Waals surface area contributed by atoms with E-state index in [2.05, 4.69) is 21.3 Å². The molecule has 0 radical (unpaired) electrons. The Kier molecular flexibility index (Phi) is 25.3. The largest absolute Gasteiger partial charge is 0.508 e. The van der Waals surface area contributed by atoms with Crippen LogP contribution in [-0.2, 0) is 57.4 Å². The zero-order valence-corrected chi connectivity index (χ0v) is 64.2. The van der Waals surface area contributed by atoms with E-state index in [0.717, 1.165) is 21.4 Å². The number of fused-ring (bicyclic) bond motifs is 5. The Balaban J connectivity index is 0.000000618. The molecule has 30 nitrogen and oxygen atoms in total. The number of nitrogens with one attached hydrogen (secondary N) is 4. The van der Waals surface area contributed by atoms with Gasteiger partial charge in [-0.1, -0.05) is 105 Å². The van der Waals surface area contributed by atoms with Crippen molar-refractivity contribution in [3.63, 3.8) is 0 Å². The number of aromatic nitrogens is 1. The summed E-state index contributed by atoms with van der Waals surface area (Å²) in [4.78, 5) is 209. The second-order valence-electron chi connectivity index (χ2n) is 30.4. The summed E-state index contributed by atoms with van der Waals surface area (Å²) in [7, 11) is 5.66. The fourth-order valence-electron chi connectivity index (χ4n) is 15.2. The van der Waals surface area contributed by atoms with Gasteiger partial charge in [0.25, 0.3) is 11.8 Å². The van der Waals surface area contributed by atoms with Crippen LogP contribution < -0.4 is 37.9 Å². The monoisotopic (exact) mass is 1510 g/mol. The van der Waals surface area contributed by atoms with Crippen LogP contribution in [0.1, 0.15) is 140 Å². The summed E-state index contributed by atoms with van der Waals surface area (Å²) in [6.07, 6.45) is -0.654. The van der Waals surface area contributed by atoms with E-state index in [9.17, 15) is 67.7 Å². The van der Waals surface area contributed by atoms with Crippen molar-refractivity contribution >= 4 is 98.5 Å². The number of hydrogen-bond acceptors (Lipinski definition) is 22. The molecular formula is C79H98N10O20. The van der Waals surface area contributed by atoms with Crippen LogP contribution in [0.2, 0.25) is 0 Å². The third-order valence-electron chi connectivity index (χ3n) is 21.2. The molecule has 4 heterocycles. The van der Waals surface area contributed by atoms with Gasteiger partial charge in [0.2, 0.25) is 40.9 Å². The maximum atomic E-state index is 15.2. The number of phenolic OH excluding ortho intramolecular Hbond substituents is 2. The van der Waals surface area contributed by atoms with Crippen LogP contribution in [0.25, 0.3) is 44.8 Å². The normalized spacial score (nSPS) is 24.8. The summed E-state index contributed by atoms with van der Waals surface area (Å²) < 4.78 is 23.9. The number of nitrogens with zero attached hydrogens (tertiary/aromatic N) is 5. The first-order chi connectivity index (χ1) is 51.2. The lowest BCUT2D eigenvalue weighted by molar-refractivity contribution is -0.163. The fraction of sp³-hybridized carbons (Fsp3) is 0.506. The lowest BCUT2D eigenvalue weighted by atomic mass is 9.83. The van der Waals surface area contributed by atoms with Crippen molar-refractivity contribution in [2.75, 3.05) is 47.0 Å². The summed E-state index contributed by atoms with van der Waals surface area (Å²) in [6.45, 7) is 18.3. The zero-order valence-electron chi connectivity index (χ0n) is 64.2. The Morgan fingerprint density at radius 2 is 1.06 bits per heavy atom. The summed E-state index contributed by atoms with van der Waals surface area (Å²) in [5.41, 5.74) is 4.23. The van der Waals surface area contributed by atoms with E-state index in [-0.39, 0.29) is 61.6 Å². The number of ketones is 2. The molecule has 109 heavy (non-hydrogen) atoms. The molecule has 3 aliphatic carbocycles. The molecule has 6 aliphatic rings. The number of rotatable bonds is 9. The van der Waals surface area contributed by atoms with Crippen molar-refractivity contribution in [1.29, 1.82) is 0 Å². The van der Waals surface area contributed by atoms with Crippen LogP contribution in [-0.4, -0.2) is 195 Å². The minimum Gasteiger partial charge on any atom is -0.508 e. The molecule has 2 saturated carbocycles. The lowest BCUT2D eigenvalue weighted by Gasteiger charge is -2.35. The van der Waals surface area contributed by atoms with Crippen molar-refractivity contribution in [3.05, 3.63) is 103 Å². The van der Waals surface area contributed by atoms with E-state index in [1.54, 1.807) is 62.3 Å². The van der Waals surface area contributed by atoms with Crippen molar-refractivity contribution in [2.45, 2.75) is 170 Å². The fourth-order valence-corrected chi connectivity index (χ4v) is 15.2. The number of amides is 8. The number of ether oxygens (including phenoxy) is 2. The van der Waals surface area contributed by atoms with Gasteiger partial charge in [-0.25, -0.2) is 14.6 Å². The average molecular weight is 1510 g/mol. The molecule has 12 atom stereocenters. The van der Waals surface area contributed by atoms with Crippen LogP contribution in [0.4, 0.5) is 5.69 Å². The molecule has 3 aromatic carbocycles. The molecule has 584 valence electrons. The van der Waals surface area contributed by atoms with Gasteiger partial charge in [-0.15, -0.1) is 0 Å². The molecule has 3 aliphatic heterocycles. The van der Waals surface area contributed by atoms with Gasteiger partial charge < -0.3 is 75.1 Å². The second kappa shape index (κ2) is 33.6. The quantitative estimate of drug-likeness (QED) is 0.0527. The van der Waals surface area contributed by atoms with E-state index in [1.807, 2.05) is 30.3 Å². The van der Waals surface area contributed by atoms with Gasteiger partial charge in [0.05, 0.1) is 42.0 Å². The first-order valence-electron chi connectivity index (χ1n) is 36.7. The van der Waals surface area contributed by atoms with Gasteiger partial charge in [-0.05, 0) is 88.7 Å². The van der Waals surface area contributed by atoms with Gasteiger partial charge in [0, 0.05) is 81.2 Å². The van der Waals surface area contributed by atoms with Crippen LogP contribution in [0.15, 0.2) is 79.1 Å². The Labute approximate surface area is 629 Å². The second-order valence-corrected chi connectivity index (χ2v) is 30.4. The molecule has 0 bridgehead atoms. The first kappa shape index (κ1) is 82.0. The number of carbonyl (C=O) groups excluding carboxylic acids is 12. The molecule has 2 saturated heterocycles. The molecule has 1 aromatic heterocycles.